The molecule has 2 atom stereocenters. The first kappa shape index (κ1) is 10.6. The summed E-state index contributed by atoms with van der Waals surface area (Å²) >= 11 is 5.08. The van der Waals surface area contributed by atoms with Gasteiger partial charge in [-0.25, -0.2) is 0 Å². The summed E-state index contributed by atoms with van der Waals surface area (Å²) < 4.78 is 6.28. The van der Waals surface area contributed by atoms with Crippen LogP contribution in [0.5, 0.6) is 0 Å². The summed E-state index contributed by atoms with van der Waals surface area (Å²) in [6.07, 6.45) is -0.364. The monoisotopic (exact) mass is 277 g/mol. The van der Waals surface area contributed by atoms with Crippen molar-refractivity contribution in [3.05, 3.63) is 20.8 Å². The lowest BCUT2D eigenvalue weighted by atomic mass is 10.2. The largest absolute Gasteiger partial charge is 0.389 e. The Morgan fingerprint density at radius 3 is 3.07 bits per heavy atom. The van der Waals surface area contributed by atoms with Crippen molar-refractivity contribution >= 4 is 27.3 Å². The minimum absolute atomic E-state index is 0.0775. The van der Waals surface area contributed by atoms with Gasteiger partial charge in [-0.05, 0) is 32.9 Å². The standard InChI is InChI=1S/C9H12BrNO2S/c10-9-1-6(5-14-9)2-11-7-3-13-4-8(7)12/h1,5,7-8,11-12H,2-4H2. The van der Waals surface area contributed by atoms with E-state index >= 15 is 0 Å². The zero-order valence-electron chi connectivity index (χ0n) is 7.57. The predicted octanol–water partition coefficient (Wildman–Crippen LogP) is 1.36. The molecule has 1 saturated heterocycles. The highest BCUT2D eigenvalue weighted by molar-refractivity contribution is 9.11. The van der Waals surface area contributed by atoms with Gasteiger partial charge in [-0.1, -0.05) is 0 Å². The van der Waals surface area contributed by atoms with Crippen molar-refractivity contribution in [3.63, 3.8) is 0 Å². The average Bonchev–Trinajstić information content (AvgIpc) is 2.72. The highest BCUT2D eigenvalue weighted by Crippen LogP contribution is 2.20. The molecule has 2 rings (SSSR count). The predicted molar refractivity (Wildman–Crippen MR) is 59.5 cm³/mol. The van der Waals surface area contributed by atoms with Gasteiger partial charge >= 0.3 is 0 Å². The lowest BCUT2D eigenvalue weighted by molar-refractivity contribution is 0.122. The number of hydrogen-bond acceptors (Lipinski definition) is 4. The molecule has 0 spiro atoms. The maximum atomic E-state index is 9.48. The number of aliphatic hydroxyl groups is 1. The number of nitrogens with one attached hydrogen (secondary N) is 1. The van der Waals surface area contributed by atoms with Crippen LogP contribution in [0.2, 0.25) is 0 Å². The molecule has 0 radical (unpaired) electrons. The van der Waals surface area contributed by atoms with Gasteiger partial charge in [-0.15, -0.1) is 11.3 Å². The third-order valence-corrected chi connectivity index (χ3v) is 3.79. The third kappa shape index (κ3) is 2.55. The van der Waals surface area contributed by atoms with Gasteiger partial charge in [0.2, 0.25) is 0 Å². The van der Waals surface area contributed by atoms with E-state index < -0.39 is 0 Å². The summed E-state index contributed by atoms with van der Waals surface area (Å²) in [6, 6.07) is 2.16. The van der Waals surface area contributed by atoms with Crippen LogP contribution in [0.3, 0.4) is 0 Å². The molecular formula is C9H12BrNO2S. The summed E-state index contributed by atoms with van der Waals surface area (Å²) in [4.78, 5) is 0. The number of ether oxygens (including phenoxy) is 1. The normalized spacial score (nSPS) is 27.0. The number of halogens is 1. The maximum Gasteiger partial charge on any atom is 0.0948 e. The molecule has 0 amide bonds. The molecule has 0 aliphatic carbocycles. The molecule has 1 aromatic heterocycles. The van der Waals surface area contributed by atoms with Crippen molar-refractivity contribution in [2.45, 2.75) is 18.7 Å². The Morgan fingerprint density at radius 2 is 2.50 bits per heavy atom. The van der Waals surface area contributed by atoms with Gasteiger partial charge in [-0.2, -0.15) is 0 Å². The lowest BCUT2D eigenvalue weighted by Crippen LogP contribution is -2.38. The SMILES string of the molecule is OC1COCC1NCc1csc(Br)c1. The van der Waals surface area contributed by atoms with Crippen LogP contribution >= 0.6 is 27.3 Å². The van der Waals surface area contributed by atoms with Crippen molar-refractivity contribution in [1.82, 2.24) is 5.32 Å². The number of rotatable bonds is 3. The smallest absolute Gasteiger partial charge is 0.0948 e. The zero-order valence-corrected chi connectivity index (χ0v) is 9.97. The minimum Gasteiger partial charge on any atom is -0.389 e. The quantitative estimate of drug-likeness (QED) is 0.877. The van der Waals surface area contributed by atoms with Crippen LogP contribution < -0.4 is 5.32 Å². The molecule has 78 valence electrons. The summed E-state index contributed by atoms with van der Waals surface area (Å²) in [6.45, 7) is 1.84. The highest BCUT2D eigenvalue weighted by atomic mass is 79.9. The van der Waals surface area contributed by atoms with Gasteiger partial charge in [0.1, 0.15) is 0 Å². The fourth-order valence-corrected chi connectivity index (χ4v) is 2.63. The molecule has 2 heterocycles. The third-order valence-electron chi connectivity index (χ3n) is 2.24. The van der Waals surface area contributed by atoms with Gasteiger partial charge in [0.05, 0.1) is 29.1 Å². The number of aliphatic hydroxyl groups excluding tert-OH is 1. The Hall–Kier alpha value is 0.0600. The van der Waals surface area contributed by atoms with Crippen LogP contribution in [0.4, 0.5) is 0 Å². The van der Waals surface area contributed by atoms with Crippen LogP contribution in [-0.4, -0.2) is 30.5 Å². The van der Waals surface area contributed by atoms with Crippen molar-refractivity contribution in [1.29, 1.82) is 0 Å². The Bertz CT molecular complexity index is 305. The Labute approximate surface area is 95.2 Å². The van der Waals surface area contributed by atoms with Crippen LogP contribution in [0, 0.1) is 0 Å². The molecular weight excluding hydrogens is 266 g/mol. The summed E-state index contributed by atoms with van der Waals surface area (Å²) in [5.41, 5.74) is 1.24. The van der Waals surface area contributed by atoms with E-state index in [4.69, 9.17) is 4.74 Å². The Kier molecular flexibility index (Phi) is 3.57. The van der Waals surface area contributed by atoms with Crippen molar-refractivity contribution < 1.29 is 9.84 Å². The molecule has 0 bridgehead atoms. The lowest BCUT2D eigenvalue weighted by Gasteiger charge is -2.13. The average molecular weight is 278 g/mol. The minimum atomic E-state index is -0.364. The van der Waals surface area contributed by atoms with Crippen molar-refractivity contribution in [2.75, 3.05) is 13.2 Å². The first-order chi connectivity index (χ1) is 6.75. The molecule has 1 aromatic rings. The topological polar surface area (TPSA) is 41.5 Å². The molecule has 1 aliphatic heterocycles. The van der Waals surface area contributed by atoms with E-state index in [1.54, 1.807) is 11.3 Å². The first-order valence-electron chi connectivity index (χ1n) is 4.48. The van der Waals surface area contributed by atoms with E-state index in [-0.39, 0.29) is 12.1 Å². The molecule has 0 saturated carbocycles. The number of thiophene rings is 1. The molecule has 5 heteroatoms. The van der Waals surface area contributed by atoms with Crippen LogP contribution in [0.15, 0.2) is 15.2 Å². The molecule has 3 nitrogen and oxygen atoms in total. The number of hydrogen-bond donors (Lipinski definition) is 2. The second-order valence-corrected chi connectivity index (χ2v) is 5.64. The summed E-state index contributed by atoms with van der Waals surface area (Å²) in [5, 5.41) is 14.8. The van der Waals surface area contributed by atoms with E-state index in [1.165, 1.54) is 5.56 Å². The van der Waals surface area contributed by atoms with Crippen molar-refractivity contribution in [2.24, 2.45) is 0 Å². The van der Waals surface area contributed by atoms with Gasteiger partial charge in [0.15, 0.2) is 0 Å². The second kappa shape index (κ2) is 4.72. The van der Waals surface area contributed by atoms with Crippen LogP contribution in [0.1, 0.15) is 5.56 Å². The van der Waals surface area contributed by atoms with E-state index in [1.807, 2.05) is 0 Å². The molecule has 1 fully saturated rings. The highest BCUT2D eigenvalue weighted by Gasteiger charge is 2.25. The van der Waals surface area contributed by atoms with E-state index in [2.05, 4.69) is 32.7 Å². The van der Waals surface area contributed by atoms with Gasteiger partial charge < -0.3 is 15.2 Å². The molecule has 2 unspecified atom stereocenters. The molecule has 2 N–H and O–H groups in total. The van der Waals surface area contributed by atoms with Crippen LogP contribution in [0.25, 0.3) is 0 Å². The summed E-state index contributed by atoms with van der Waals surface area (Å²) in [5.74, 6) is 0. The Morgan fingerprint density at radius 1 is 1.64 bits per heavy atom. The van der Waals surface area contributed by atoms with E-state index in [0.29, 0.717) is 13.2 Å². The fraction of sp³-hybridized carbons (Fsp3) is 0.556. The van der Waals surface area contributed by atoms with Crippen LogP contribution in [-0.2, 0) is 11.3 Å². The molecule has 1 aliphatic rings. The second-order valence-electron chi connectivity index (χ2n) is 3.35. The summed E-state index contributed by atoms with van der Waals surface area (Å²) in [7, 11) is 0. The first-order valence-corrected chi connectivity index (χ1v) is 6.15. The van der Waals surface area contributed by atoms with Crippen molar-refractivity contribution in [3.8, 4) is 0 Å². The van der Waals surface area contributed by atoms with E-state index in [0.717, 1.165) is 10.3 Å². The molecule has 0 aromatic carbocycles. The zero-order chi connectivity index (χ0) is 9.97. The maximum absolute atomic E-state index is 9.48. The fourth-order valence-electron chi connectivity index (χ4n) is 1.43. The molecule has 14 heavy (non-hydrogen) atoms. The Balaban J connectivity index is 1.82. The van der Waals surface area contributed by atoms with Gasteiger partial charge in [0, 0.05) is 6.54 Å². The van der Waals surface area contributed by atoms with E-state index in [9.17, 15) is 5.11 Å². The van der Waals surface area contributed by atoms with Gasteiger partial charge in [-0.3, -0.25) is 0 Å². The van der Waals surface area contributed by atoms with Gasteiger partial charge in [0.25, 0.3) is 0 Å².